The maximum Gasteiger partial charge on any atom is 0.337 e. The van der Waals surface area contributed by atoms with E-state index in [2.05, 4.69) is 10.1 Å². The van der Waals surface area contributed by atoms with Gasteiger partial charge in [-0.2, -0.15) is 0 Å². The minimum Gasteiger partial charge on any atom is -0.465 e. The van der Waals surface area contributed by atoms with Crippen LogP contribution in [0.1, 0.15) is 16.8 Å². The summed E-state index contributed by atoms with van der Waals surface area (Å²) < 4.78 is 17.4. The molecule has 0 spiro atoms. The molecule has 0 heterocycles. The van der Waals surface area contributed by atoms with Crippen LogP contribution in [0.3, 0.4) is 0 Å². The SMILES string of the molecule is COC(=O)c1cccc(NC(=O)CCSc2ccc(F)cc2)c1. The standard InChI is InChI=1S/C17H16FNO3S/c1-22-17(21)12-3-2-4-14(11-12)19-16(20)9-10-23-15-7-5-13(18)6-8-15/h2-8,11H,9-10H2,1H3,(H,19,20). The second kappa shape index (κ2) is 8.33. The average molecular weight is 333 g/mol. The molecule has 4 nitrogen and oxygen atoms in total. The number of carbonyl (C=O) groups is 2. The number of halogens is 1. The summed E-state index contributed by atoms with van der Waals surface area (Å²) in [6.45, 7) is 0. The van der Waals surface area contributed by atoms with Crippen molar-refractivity contribution in [2.24, 2.45) is 0 Å². The zero-order chi connectivity index (χ0) is 16.7. The number of ether oxygens (including phenoxy) is 1. The zero-order valence-corrected chi connectivity index (χ0v) is 13.4. The van der Waals surface area contributed by atoms with Crippen molar-refractivity contribution in [2.75, 3.05) is 18.2 Å². The third-order valence-corrected chi connectivity index (χ3v) is 3.99. The van der Waals surface area contributed by atoms with Gasteiger partial charge in [-0.25, -0.2) is 9.18 Å². The molecular weight excluding hydrogens is 317 g/mol. The number of anilines is 1. The van der Waals surface area contributed by atoms with Gasteiger partial charge in [0.15, 0.2) is 0 Å². The van der Waals surface area contributed by atoms with E-state index in [1.165, 1.54) is 31.0 Å². The van der Waals surface area contributed by atoms with Gasteiger partial charge in [-0.15, -0.1) is 11.8 Å². The van der Waals surface area contributed by atoms with Crippen molar-refractivity contribution < 1.29 is 18.7 Å². The van der Waals surface area contributed by atoms with Crippen molar-refractivity contribution in [3.05, 3.63) is 59.9 Å². The average Bonchev–Trinajstić information content (AvgIpc) is 2.56. The highest BCUT2D eigenvalue weighted by molar-refractivity contribution is 7.99. The summed E-state index contributed by atoms with van der Waals surface area (Å²) >= 11 is 1.48. The lowest BCUT2D eigenvalue weighted by Crippen LogP contribution is -2.12. The number of benzene rings is 2. The number of esters is 1. The van der Waals surface area contributed by atoms with Gasteiger partial charge in [0, 0.05) is 22.8 Å². The highest BCUT2D eigenvalue weighted by atomic mass is 32.2. The van der Waals surface area contributed by atoms with E-state index in [4.69, 9.17) is 0 Å². The first kappa shape index (κ1) is 17.0. The van der Waals surface area contributed by atoms with Gasteiger partial charge in [-0.1, -0.05) is 6.07 Å². The van der Waals surface area contributed by atoms with Crippen LogP contribution >= 0.6 is 11.8 Å². The van der Waals surface area contributed by atoms with Crippen LogP contribution in [-0.4, -0.2) is 24.7 Å². The summed E-state index contributed by atoms with van der Waals surface area (Å²) in [5.74, 6) is -0.305. The van der Waals surface area contributed by atoms with Crippen LogP contribution in [0.2, 0.25) is 0 Å². The van der Waals surface area contributed by atoms with Crippen molar-refractivity contribution in [3.8, 4) is 0 Å². The number of carbonyl (C=O) groups excluding carboxylic acids is 2. The Morgan fingerprint density at radius 1 is 1.17 bits per heavy atom. The summed E-state index contributed by atoms with van der Waals surface area (Å²) in [5.41, 5.74) is 0.927. The number of rotatable bonds is 6. The molecule has 0 unspecified atom stereocenters. The van der Waals surface area contributed by atoms with E-state index in [0.717, 1.165) is 4.90 Å². The molecule has 2 aromatic carbocycles. The molecule has 0 saturated carbocycles. The normalized spacial score (nSPS) is 10.2. The summed E-state index contributed by atoms with van der Waals surface area (Å²) in [7, 11) is 1.31. The third kappa shape index (κ3) is 5.41. The third-order valence-electron chi connectivity index (χ3n) is 2.98. The lowest BCUT2D eigenvalue weighted by atomic mass is 10.2. The predicted octanol–water partition coefficient (Wildman–Crippen LogP) is 3.73. The van der Waals surface area contributed by atoms with Gasteiger partial charge in [0.25, 0.3) is 0 Å². The van der Waals surface area contributed by atoms with Crippen LogP contribution in [-0.2, 0) is 9.53 Å². The van der Waals surface area contributed by atoms with Gasteiger partial charge in [0.05, 0.1) is 12.7 Å². The Hall–Kier alpha value is -2.34. The first-order valence-corrected chi connectivity index (χ1v) is 7.93. The molecule has 1 amide bonds. The Balaban J connectivity index is 1.82. The monoisotopic (exact) mass is 333 g/mol. The molecule has 0 fully saturated rings. The molecule has 0 radical (unpaired) electrons. The lowest BCUT2D eigenvalue weighted by molar-refractivity contribution is -0.115. The molecular formula is C17H16FNO3S. The quantitative estimate of drug-likeness (QED) is 0.646. The Morgan fingerprint density at radius 3 is 2.61 bits per heavy atom. The summed E-state index contributed by atoms with van der Waals surface area (Å²) in [6, 6.07) is 12.7. The minimum atomic E-state index is -0.451. The Labute approximate surface area is 138 Å². The van der Waals surface area contributed by atoms with E-state index in [1.807, 2.05) is 0 Å². The first-order chi connectivity index (χ1) is 11.1. The highest BCUT2D eigenvalue weighted by Crippen LogP contribution is 2.19. The lowest BCUT2D eigenvalue weighted by Gasteiger charge is -2.07. The fourth-order valence-corrected chi connectivity index (χ4v) is 2.71. The van der Waals surface area contributed by atoms with E-state index >= 15 is 0 Å². The molecule has 23 heavy (non-hydrogen) atoms. The Bertz CT molecular complexity index is 688. The molecule has 120 valence electrons. The van der Waals surface area contributed by atoms with E-state index in [9.17, 15) is 14.0 Å². The van der Waals surface area contributed by atoms with E-state index in [0.29, 0.717) is 23.4 Å². The number of hydrogen-bond acceptors (Lipinski definition) is 4. The van der Waals surface area contributed by atoms with Gasteiger partial charge in [0.2, 0.25) is 5.91 Å². The van der Waals surface area contributed by atoms with Crippen molar-refractivity contribution in [3.63, 3.8) is 0 Å². The fourth-order valence-electron chi connectivity index (χ4n) is 1.86. The molecule has 0 saturated heterocycles. The van der Waals surface area contributed by atoms with Gasteiger partial charge < -0.3 is 10.1 Å². The van der Waals surface area contributed by atoms with Gasteiger partial charge in [0.1, 0.15) is 5.82 Å². The van der Waals surface area contributed by atoms with Crippen LogP contribution < -0.4 is 5.32 Å². The van der Waals surface area contributed by atoms with Crippen LogP contribution in [0.5, 0.6) is 0 Å². The van der Waals surface area contributed by atoms with E-state index in [1.54, 1.807) is 36.4 Å². The Kier molecular flexibility index (Phi) is 6.17. The molecule has 0 aliphatic carbocycles. The summed E-state index contributed by atoms with van der Waals surface area (Å²) in [6.07, 6.45) is 0.310. The predicted molar refractivity (Wildman–Crippen MR) is 88.2 cm³/mol. The molecule has 0 atom stereocenters. The summed E-state index contributed by atoms with van der Waals surface area (Å²) in [5, 5.41) is 2.74. The van der Waals surface area contributed by atoms with Gasteiger partial charge >= 0.3 is 5.97 Å². The van der Waals surface area contributed by atoms with Gasteiger partial charge in [-0.3, -0.25) is 4.79 Å². The fraction of sp³-hybridized carbons (Fsp3) is 0.176. The maximum absolute atomic E-state index is 12.8. The summed E-state index contributed by atoms with van der Waals surface area (Å²) in [4.78, 5) is 24.3. The van der Waals surface area contributed by atoms with E-state index < -0.39 is 5.97 Å². The molecule has 1 N–H and O–H groups in total. The molecule has 6 heteroatoms. The van der Waals surface area contributed by atoms with E-state index in [-0.39, 0.29) is 11.7 Å². The van der Waals surface area contributed by atoms with Crippen LogP contribution in [0, 0.1) is 5.82 Å². The number of amides is 1. The number of thioether (sulfide) groups is 1. The second-order valence-electron chi connectivity index (χ2n) is 4.67. The highest BCUT2D eigenvalue weighted by Gasteiger charge is 2.08. The molecule has 0 aliphatic heterocycles. The number of hydrogen-bond donors (Lipinski definition) is 1. The van der Waals surface area contributed by atoms with Gasteiger partial charge in [-0.05, 0) is 42.5 Å². The second-order valence-corrected chi connectivity index (χ2v) is 5.84. The molecule has 0 aliphatic rings. The smallest absolute Gasteiger partial charge is 0.337 e. The van der Waals surface area contributed by atoms with Crippen LogP contribution in [0.4, 0.5) is 10.1 Å². The van der Waals surface area contributed by atoms with Crippen molar-refractivity contribution in [2.45, 2.75) is 11.3 Å². The minimum absolute atomic E-state index is 0.151. The first-order valence-electron chi connectivity index (χ1n) is 6.95. The van der Waals surface area contributed by atoms with Crippen LogP contribution in [0.25, 0.3) is 0 Å². The maximum atomic E-state index is 12.8. The van der Waals surface area contributed by atoms with Crippen LogP contribution in [0.15, 0.2) is 53.4 Å². The molecule has 0 bridgehead atoms. The number of nitrogens with one attached hydrogen (secondary N) is 1. The van der Waals surface area contributed by atoms with Crippen molar-refractivity contribution >= 4 is 29.3 Å². The largest absolute Gasteiger partial charge is 0.465 e. The molecule has 2 rings (SSSR count). The topological polar surface area (TPSA) is 55.4 Å². The molecule has 0 aromatic heterocycles. The Morgan fingerprint density at radius 2 is 1.91 bits per heavy atom. The molecule has 2 aromatic rings. The van der Waals surface area contributed by atoms with Crippen molar-refractivity contribution in [1.29, 1.82) is 0 Å². The zero-order valence-electron chi connectivity index (χ0n) is 12.5. The number of methoxy groups -OCH3 is 1. The van der Waals surface area contributed by atoms with Crippen molar-refractivity contribution in [1.82, 2.24) is 0 Å².